The zero-order valence-corrected chi connectivity index (χ0v) is 16.9. The molecule has 0 heterocycles. The summed E-state index contributed by atoms with van der Waals surface area (Å²) in [6.45, 7) is 12.6. The van der Waals surface area contributed by atoms with Gasteiger partial charge in [-0.05, 0) is 86.5 Å². The lowest BCUT2D eigenvalue weighted by molar-refractivity contribution is -0.116. The van der Waals surface area contributed by atoms with Gasteiger partial charge < -0.3 is 4.79 Å². The Morgan fingerprint density at radius 3 is 1.21 bits per heavy atom. The zero-order valence-electron chi connectivity index (χ0n) is 16.9. The number of Topliss-reactive ketones (excluding diaryl/α,β-unsaturated/α-hetero) is 1. The molecular formula is C23H38O. The van der Waals surface area contributed by atoms with E-state index < -0.39 is 0 Å². The second kappa shape index (κ2) is 14.0. The minimum Gasteiger partial charge on any atom is -0.300 e. The average Bonchev–Trinajstić information content (AvgIpc) is 2.46. The van der Waals surface area contributed by atoms with Crippen molar-refractivity contribution < 1.29 is 4.79 Å². The van der Waals surface area contributed by atoms with Gasteiger partial charge in [-0.2, -0.15) is 0 Å². The molecule has 0 rings (SSSR count). The van der Waals surface area contributed by atoms with E-state index in [1.165, 1.54) is 28.7 Å². The molecule has 0 aromatic rings. The van der Waals surface area contributed by atoms with Crippen LogP contribution in [0.25, 0.3) is 0 Å². The second-order valence-electron chi connectivity index (χ2n) is 7.29. The smallest absolute Gasteiger partial charge is 0.130 e. The monoisotopic (exact) mass is 330 g/mol. The Hall–Kier alpha value is -1.37. The Labute approximate surface area is 150 Å². The van der Waals surface area contributed by atoms with Gasteiger partial charge in [0.1, 0.15) is 5.78 Å². The van der Waals surface area contributed by atoms with E-state index >= 15 is 0 Å². The molecule has 0 saturated carbocycles. The summed E-state index contributed by atoms with van der Waals surface area (Å²) in [6, 6.07) is 0. The van der Waals surface area contributed by atoms with Gasteiger partial charge in [-0.25, -0.2) is 0 Å². The summed E-state index contributed by atoms with van der Waals surface area (Å²) in [7, 11) is 0. The molecule has 136 valence electrons. The molecule has 0 N–H and O–H groups in total. The van der Waals surface area contributed by atoms with Gasteiger partial charge in [0.2, 0.25) is 0 Å². The molecule has 1 heteroatoms. The maximum Gasteiger partial charge on any atom is 0.130 e. The van der Waals surface area contributed by atoms with Crippen molar-refractivity contribution >= 4 is 5.78 Å². The van der Waals surface area contributed by atoms with Gasteiger partial charge in [-0.15, -0.1) is 0 Å². The molecule has 0 radical (unpaired) electrons. The largest absolute Gasteiger partial charge is 0.300 e. The number of carbonyl (C=O) groups is 1. The van der Waals surface area contributed by atoms with E-state index in [9.17, 15) is 4.79 Å². The predicted octanol–water partition coefficient (Wildman–Crippen LogP) is 7.50. The maximum atomic E-state index is 10.9. The van der Waals surface area contributed by atoms with E-state index in [1.807, 2.05) is 0 Å². The summed E-state index contributed by atoms with van der Waals surface area (Å²) in [4.78, 5) is 10.9. The SMILES string of the molecule is CC(=O)CC/C=C(\C)CC/C=C(/C)CC/C=C(\C)CCC=C(C)C. The highest BCUT2D eigenvalue weighted by Gasteiger charge is 1.94. The highest BCUT2D eigenvalue weighted by Crippen LogP contribution is 2.14. The first-order valence-corrected chi connectivity index (χ1v) is 9.41. The number of ketones is 1. The van der Waals surface area contributed by atoms with Gasteiger partial charge in [0.05, 0.1) is 0 Å². The topological polar surface area (TPSA) is 17.1 Å². The number of hydrogen-bond acceptors (Lipinski definition) is 1. The van der Waals surface area contributed by atoms with Crippen LogP contribution in [0.3, 0.4) is 0 Å². The standard InChI is InChI=1S/C23H38O/c1-19(2)11-7-12-20(3)13-8-14-21(4)15-9-16-22(5)17-10-18-23(6)24/h11,13,15,17H,7-10,12,14,16,18H2,1-6H3/b20-13+,21-15-,22-17+. The molecule has 0 aromatic carbocycles. The van der Waals surface area contributed by atoms with Crippen LogP contribution in [-0.4, -0.2) is 5.78 Å². The average molecular weight is 331 g/mol. The Morgan fingerprint density at radius 1 is 0.542 bits per heavy atom. The van der Waals surface area contributed by atoms with Crippen LogP contribution in [0.1, 0.15) is 92.9 Å². The molecule has 0 fully saturated rings. The lowest BCUT2D eigenvalue weighted by Crippen LogP contribution is -1.87. The number of hydrogen-bond donors (Lipinski definition) is 0. The Morgan fingerprint density at radius 2 is 0.875 bits per heavy atom. The Balaban J connectivity index is 3.98. The third kappa shape index (κ3) is 15.5. The molecule has 0 aliphatic rings. The Kier molecular flexibility index (Phi) is 13.2. The van der Waals surface area contributed by atoms with Crippen LogP contribution in [0.4, 0.5) is 0 Å². The predicted molar refractivity (Wildman–Crippen MR) is 108 cm³/mol. The van der Waals surface area contributed by atoms with Crippen LogP contribution < -0.4 is 0 Å². The number of allylic oxidation sites excluding steroid dienone is 8. The minimum absolute atomic E-state index is 0.277. The summed E-state index contributed by atoms with van der Waals surface area (Å²) in [5.41, 5.74) is 5.80. The van der Waals surface area contributed by atoms with Gasteiger partial charge in [0, 0.05) is 6.42 Å². The Bertz CT molecular complexity index is 482. The van der Waals surface area contributed by atoms with Crippen molar-refractivity contribution in [2.45, 2.75) is 92.9 Å². The van der Waals surface area contributed by atoms with Crippen LogP contribution in [0.5, 0.6) is 0 Å². The van der Waals surface area contributed by atoms with Crippen molar-refractivity contribution in [2.24, 2.45) is 0 Å². The van der Waals surface area contributed by atoms with E-state index in [4.69, 9.17) is 0 Å². The first kappa shape index (κ1) is 22.6. The summed E-state index contributed by atoms with van der Waals surface area (Å²) < 4.78 is 0. The summed E-state index contributed by atoms with van der Waals surface area (Å²) in [5, 5.41) is 0. The van der Waals surface area contributed by atoms with Gasteiger partial charge in [-0.3, -0.25) is 0 Å². The summed E-state index contributed by atoms with van der Waals surface area (Å²) in [6.07, 6.45) is 17.7. The molecule has 0 atom stereocenters. The quantitative estimate of drug-likeness (QED) is 0.338. The van der Waals surface area contributed by atoms with Crippen molar-refractivity contribution in [1.29, 1.82) is 0 Å². The van der Waals surface area contributed by atoms with E-state index in [1.54, 1.807) is 6.92 Å². The molecule has 0 unspecified atom stereocenters. The van der Waals surface area contributed by atoms with Gasteiger partial charge in [0.15, 0.2) is 0 Å². The van der Waals surface area contributed by atoms with Crippen molar-refractivity contribution in [1.82, 2.24) is 0 Å². The van der Waals surface area contributed by atoms with Gasteiger partial charge in [-0.1, -0.05) is 46.6 Å². The molecule has 0 amide bonds. The van der Waals surface area contributed by atoms with Crippen molar-refractivity contribution in [3.63, 3.8) is 0 Å². The van der Waals surface area contributed by atoms with E-state index in [0.29, 0.717) is 6.42 Å². The molecule has 0 aliphatic carbocycles. The third-order valence-corrected chi connectivity index (χ3v) is 4.14. The van der Waals surface area contributed by atoms with E-state index in [0.717, 1.165) is 38.5 Å². The molecule has 0 aliphatic heterocycles. The summed E-state index contributed by atoms with van der Waals surface area (Å²) >= 11 is 0. The summed E-state index contributed by atoms with van der Waals surface area (Å²) in [5.74, 6) is 0.277. The van der Waals surface area contributed by atoms with Gasteiger partial charge >= 0.3 is 0 Å². The fraction of sp³-hybridized carbons (Fsp3) is 0.609. The van der Waals surface area contributed by atoms with E-state index in [2.05, 4.69) is 58.9 Å². The number of rotatable bonds is 12. The van der Waals surface area contributed by atoms with Crippen molar-refractivity contribution in [3.8, 4) is 0 Å². The van der Waals surface area contributed by atoms with Crippen LogP contribution in [0.2, 0.25) is 0 Å². The van der Waals surface area contributed by atoms with E-state index in [-0.39, 0.29) is 5.78 Å². The molecule has 0 aromatic heterocycles. The highest BCUT2D eigenvalue weighted by atomic mass is 16.1. The van der Waals surface area contributed by atoms with Gasteiger partial charge in [0.25, 0.3) is 0 Å². The molecular weight excluding hydrogens is 292 g/mol. The highest BCUT2D eigenvalue weighted by molar-refractivity contribution is 5.75. The number of carbonyl (C=O) groups excluding carboxylic acids is 1. The molecule has 0 saturated heterocycles. The first-order valence-electron chi connectivity index (χ1n) is 9.41. The molecule has 24 heavy (non-hydrogen) atoms. The molecule has 0 spiro atoms. The van der Waals surface area contributed by atoms with Crippen molar-refractivity contribution in [3.05, 3.63) is 46.6 Å². The van der Waals surface area contributed by atoms with Crippen LogP contribution in [0.15, 0.2) is 46.6 Å². The maximum absolute atomic E-state index is 10.9. The van der Waals surface area contributed by atoms with Crippen molar-refractivity contribution in [2.75, 3.05) is 0 Å². The zero-order chi connectivity index (χ0) is 18.4. The fourth-order valence-corrected chi connectivity index (χ4v) is 2.51. The van der Waals surface area contributed by atoms with Crippen LogP contribution in [0, 0.1) is 0 Å². The normalized spacial score (nSPS) is 13.2. The molecule has 1 nitrogen and oxygen atoms in total. The lowest BCUT2D eigenvalue weighted by atomic mass is 10.0. The van der Waals surface area contributed by atoms with Crippen LogP contribution in [-0.2, 0) is 4.79 Å². The fourth-order valence-electron chi connectivity index (χ4n) is 2.51. The second-order valence-corrected chi connectivity index (χ2v) is 7.29. The molecule has 0 bridgehead atoms. The van der Waals surface area contributed by atoms with Crippen LogP contribution >= 0.6 is 0 Å². The first-order chi connectivity index (χ1) is 11.3. The third-order valence-electron chi connectivity index (χ3n) is 4.14. The lowest BCUT2D eigenvalue weighted by Gasteiger charge is -2.02. The minimum atomic E-state index is 0.277.